The molecule has 1 atom stereocenters. The van der Waals surface area contributed by atoms with Crippen LogP contribution in [-0.4, -0.2) is 36.8 Å². The van der Waals surface area contributed by atoms with Crippen LogP contribution in [0.5, 0.6) is 23.3 Å². The molecule has 1 saturated carbocycles. The number of rotatable bonds is 12. The van der Waals surface area contributed by atoms with Crippen molar-refractivity contribution in [3.05, 3.63) is 72.1 Å². The number of nitriles is 1. The second-order valence-electron chi connectivity index (χ2n) is 11.0. The van der Waals surface area contributed by atoms with Crippen molar-refractivity contribution in [3.8, 4) is 29.3 Å². The number of ether oxygens (including phenoxy) is 3. The van der Waals surface area contributed by atoms with E-state index in [4.69, 9.17) is 39.6 Å². The van der Waals surface area contributed by atoms with E-state index in [1.807, 2.05) is 44.2 Å². The van der Waals surface area contributed by atoms with E-state index in [0.29, 0.717) is 47.7 Å². The molecular weight excluding hydrogens is 601 g/mol. The summed E-state index contributed by atoms with van der Waals surface area (Å²) in [6.45, 7) is 9.75. The molecular formula is C32H40N3O7PS. The average molecular weight is 642 g/mol. The van der Waals surface area contributed by atoms with Crippen molar-refractivity contribution < 1.29 is 32.6 Å². The summed E-state index contributed by atoms with van der Waals surface area (Å²) in [4.78, 5) is 21.0. The van der Waals surface area contributed by atoms with Crippen molar-refractivity contribution >= 4 is 24.5 Å². The van der Waals surface area contributed by atoms with Gasteiger partial charge in [-0.25, -0.2) is 0 Å². The van der Waals surface area contributed by atoms with E-state index in [1.54, 1.807) is 30.3 Å². The zero-order valence-corrected chi connectivity index (χ0v) is 28.1. The molecule has 1 aliphatic carbocycles. The lowest BCUT2D eigenvalue weighted by molar-refractivity contribution is -0.150. The maximum absolute atomic E-state index is 12.6. The fourth-order valence-corrected chi connectivity index (χ4v) is 5.49. The Morgan fingerprint density at radius 3 is 2.11 bits per heavy atom. The number of para-hydroxylation sites is 1. The molecule has 1 aliphatic rings. The fourth-order valence-electron chi connectivity index (χ4n) is 4.64. The molecule has 0 aliphatic heterocycles. The molecule has 3 aromatic rings. The summed E-state index contributed by atoms with van der Waals surface area (Å²) in [6.07, 6.45) is -0.283. The van der Waals surface area contributed by atoms with Gasteiger partial charge in [0.1, 0.15) is 23.4 Å². The van der Waals surface area contributed by atoms with Crippen LogP contribution >= 0.6 is 6.72 Å². The topological polar surface area (TPSA) is 122 Å². The minimum atomic E-state index is -2.78. The van der Waals surface area contributed by atoms with Crippen LogP contribution in [-0.2, 0) is 36.8 Å². The van der Waals surface area contributed by atoms with Crippen molar-refractivity contribution in [2.45, 2.75) is 54.1 Å². The third-order valence-electron chi connectivity index (χ3n) is 7.73. The molecule has 1 fully saturated rings. The second kappa shape index (κ2) is 15.0. The number of aromatic nitrogens is 2. The number of hydrogen-bond acceptors (Lipinski definition) is 11. The maximum Gasteiger partial charge on any atom is 0.381 e. The Morgan fingerprint density at radius 2 is 1.57 bits per heavy atom. The van der Waals surface area contributed by atoms with Gasteiger partial charge in [-0.15, -0.1) is 0 Å². The van der Waals surface area contributed by atoms with Crippen LogP contribution in [0.2, 0.25) is 0 Å². The Bertz CT molecular complexity index is 1490. The van der Waals surface area contributed by atoms with E-state index < -0.39 is 12.8 Å². The van der Waals surface area contributed by atoms with E-state index >= 15 is 0 Å². The Labute approximate surface area is 264 Å². The molecule has 0 N–H and O–H groups in total. The molecule has 0 bridgehead atoms. The molecule has 2 aromatic carbocycles. The molecule has 236 valence electrons. The lowest BCUT2D eigenvalue weighted by Crippen LogP contribution is -2.15. The van der Waals surface area contributed by atoms with Crippen LogP contribution in [0, 0.1) is 28.1 Å². The third kappa shape index (κ3) is 8.54. The molecule has 0 amide bonds. The van der Waals surface area contributed by atoms with Crippen molar-refractivity contribution in [2.75, 3.05) is 20.8 Å². The van der Waals surface area contributed by atoms with Crippen LogP contribution in [0.1, 0.15) is 59.0 Å². The highest BCUT2D eigenvalue weighted by molar-refractivity contribution is 8.07. The van der Waals surface area contributed by atoms with Crippen molar-refractivity contribution in [1.29, 1.82) is 5.26 Å². The van der Waals surface area contributed by atoms with E-state index in [1.165, 1.54) is 14.2 Å². The maximum atomic E-state index is 12.6. The summed E-state index contributed by atoms with van der Waals surface area (Å²) in [5.41, 5.74) is 0.357. The van der Waals surface area contributed by atoms with Gasteiger partial charge in [0.25, 0.3) is 0 Å². The Hall–Kier alpha value is -3.55. The number of carbonyl (C=O) groups is 1. The van der Waals surface area contributed by atoms with Crippen LogP contribution in [0.15, 0.2) is 60.7 Å². The number of nitrogens with zero attached hydrogens (tertiary/aromatic N) is 3. The van der Waals surface area contributed by atoms with Gasteiger partial charge in [-0.05, 0) is 42.0 Å². The van der Waals surface area contributed by atoms with Gasteiger partial charge >= 0.3 is 12.7 Å². The number of hydrogen-bond donors (Lipinski definition) is 0. The molecule has 0 radical (unpaired) electrons. The highest BCUT2D eigenvalue weighted by Gasteiger charge is 2.69. The van der Waals surface area contributed by atoms with Gasteiger partial charge in [0.15, 0.2) is 0 Å². The van der Waals surface area contributed by atoms with Gasteiger partial charge in [0.2, 0.25) is 17.9 Å². The minimum absolute atomic E-state index is 0.123. The first-order chi connectivity index (χ1) is 20.8. The van der Waals surface area contributed by atoms with E-state index in [-0.39, 0.29) is 22.7 Å². The first-order valence-electron chi connectivity index (χ1n) is 14.2. The summed E-state index contributed by atoms with van der Waals surface area (Å²) in [6, 6.07) is 20.1. The van der Waals surface area contributed by atoms with Crippen LogP contribution in [0.25, 0.3) is 0 Å². The molecule has 1 aromatic heterocycles. The molecule has 10 nitrogen and oxygen atoms in total. The Kier molecular flexibility index (Phi) is 11.9. The smallest absolute Gasteiger partial charge is 0.381 e. The zero-order valence-electron chi connectivity index (χ0n) is 26.4. The molecule has 1 unspecified atom stereocenters. The van der Waals surface area contributed by atoms with Crippen molar-refractivity contribution in [2.24, 2.45) is 16.7 Å². The van der Waals surface area contributed by atoms with Gasteiger partial charge < -0.3 is 27.8 Å². The average Bonchev–Trinajstić information content (AvgIpc) is 3.43. The highest BCUT2D eigenvalue weighted by Crippen LogP contribution is 2.68. The number of carbonyl (C=O) groups excluding carboxylic acids is 1. The lowest BCUT2D eigenvalue weighted by Gasteiger charge is -2.18. The first kappa shape index (κ1) is 34.9. The molecule has 4 rings (SSSR count). The fraction of sp³-hybridized carbons (Fsp3) is 0.438. The van der Waals surface area contributed by atoms with Gasteiger partial charge in [0, 0.05) is 38.0 Å². The molecule has 44 heavy (non-hydrogen) atoms. The highest BCUT2D eigenvalue weighted by atomic mass is 32.5. The van der Waals surface area contributed by atoms with Gasteiger partial charge in [-0.1, -0.05) is 65.0 Å². The number of benzene rings is 2. The van der Waals surface area contributed by atoms with Gasteiger partial charge in [-0.3, -0.25) is 4.79 Å². The molecule has 12 heteroatoms. The summed E-state index contributed by atoms with van der Waals surface area (Å²) >= 11 is 5.12. The first-order valence-corrected chi connectivity index (χ1v) is 16.7. The third-order valence-corrected chi connectivity index (χ3v) is 10.2. The van der Waals surface area contributed by atoms with Gasteiger partial charge in [-0.2, -0.15) is 15.2 Å². The Balaban J connectivity index is 0.000000259. The van der Waals surface area contributed by atoms with Crippen LogP contribution in [0.3, 0.4) is 0 Å². The summed E-state index contributed by atoms with van der Waals surface area (Å²) < 4.78 is 32.2. The second-order valence-corrected chi connectivity index (χ2v) is 14.1. The van der Waals surface area contributed by atoms with Gasteiger partial charge in [0.05, 0.1) is 18.6 Å². The standard InChI is InChI=1S/C22H23NO3.C10H17N2O4PS/c1-21(2)19(22(21,3)4)20(24)26-18(14-23)15-9-8-12-17(13-15)25-16-10-6-5-7-11-16;1-5-8-11-9(15-6-2)7-10(12-8)16-17(18,13-3)14-4/h5-13,18-19H,1-4H3;7H,5-6H2,1-4H3. The van der Waals surface area contributed by atoms with Crippen LogP contribution < -0.4 is 14.0 Å². The monoisotopic (exact) mass is 641 g/mol. The molecule has 0 spiro atoms. The predicted octanol–water partition coefficient (Wildman–Crippen LogP) is 7.60. The predicted molar refractivity (Wildman–Crippen MR) is 170 cm³/mol. The number of aryl methyl sites for hydroxylation is 1. The minimum Gasteiger partial charge on any atom is -0.478 e. The quantitative estimate of drug-likeness (QED) is 0.143. The van der Waals surface area contributed by atoms with Crippen molar-refractivity contribution in [3.63, 3.8) is 0 Å². The molecule has 0 saturated heterocycles. The Morgan fingerprint density at radius 1 is 0.955 bits per heavy atom. The van der Waals surface area contributed by atoms with E-state index in [0.717, 1.165) is 0 Å². The lowest BCUT2D eigenvalue weighted by atomic mass is 10.0. The summed E-state index contributed by atoms with van der Waals surface area (Å²) in [5.74, 6) is 2.15. The van der Waals surface area contributed by atoms with Crippen LogP contribution in [0.4, 0.5) is 0 Å². The van der Waals surface area contributed by atoms with Crippen molar-refractivity contribution in [1.82, 2.24) is 9.97 Å². The zero-order chi connectivity index (χ0) is 32.5. The molecule has 1 heterocycles. The summed E-state index contributed by atoms with van der Waals surface area (Å²) in [7, 11) is 2.88. The van der Waals surface area contributed by atoms with E-state index in [2.05, 4.69) is 43.7 Å². The SMILES string of the molecule is CC1(C)C(C(=O)OC(C#N)c2cccc(Oc3ccccc3)c2)C1(C)C.CCOc1cc(OP(=S)(OC)OC)nc(CC)n1. The number of esters is 1. The summed E-state index contributed by atoms with van der Waals surface area (Å²) in [5, 5.41) is 9.50. The van der Waals surface area contributed by atoms with E-state index in [9.17, 15) is 10.1 Å². The normalized spacial score (nSPS) is 15.5. The largest absolute Gasteiger partial charge is 0.478 e.